The van der Waals surface area contributed by atoms with Gasteiger partial charge in [-0.2, -0.15) is 5.10 Å². The van der Waals surface area contributed by atoms with Crippen LogP contribution in [0.1, 0.15) is 0 Å². The van der Waals surface area contributed by atoms with Gasteiger partial charge in [-0.15, -0.1) is 13.2 Å². The summed E-state index contributed by atoms with van der Waals surface area (Å²) in [6.45, 7) is 1.16. The molecule has 33 heavy (non-hydrogen) atoms. The van der Waals surface area contributed by atoms with Crippen molar-refractivity contribution < 1.29 is 27.4 Å². The number of alkyl halides is 3. The maximum Gasteiger partial charge on any atom is 0.573 e. The van der Waals surface area contributed by atoms with Crippen molar-refractivity contribution in [1.29, 1.82) is 0 Å². The molecule has 2 aromatic heterocycles. The molecule has 2 aromatic carbocycles. The van der Waals surface area contributed by atoms with Crippen LogP contribution in [0.15, 0.2) is 61.1 Å². The van der Waals surface area contributed by atoms with Crippen molar-refractivity contribution in [2.75, 3.05) is 26.1 Å². The van der Waals surface area contributed by atoms with Gasteiger partial charge in [0.1, 0.15) is 11.5 Å². The van der Waals surface area contributed by atoms with Crippen LogP contribution in [0.2, 0.25) is 0 Å². The Kier molecular flexibility index (Phi) is 6.36. The number of nitrogens with one attached hydrogen (secondary N) is 1. The van der Waals surface area contributed by atoms with Gasteiger partial charge in [-0.3, -0.25) is 9.67 Å². The van der Waals surface area contributed by atoms with Gasteiger partial charge in [0.25, 0.3) is 0 Å². The lowest BCUT2D eigenvalue weighted by atomic mass is 10.1. The highest BCUT2D eigenvalue weighted by Gasteiger charge is 2.31. The lowest BCUT2D eigenvalue weighted by molar-refractivity contribution is -0.274. The Bertz CT molecular complexity index is 1260. The molecule has 0 aliphatic carbocycles. The molecule has 0 radical (unpaired) electrons. The summed E-state index contributed by atoms with van der Waals surface area (Å²) in [5, 5.41) is 8.08. The van der Waals surface area contributed by atoms with E-state index in [1.54, 1.807) is 43.4 Å². The summed E-state index contributed by atoms with van der Waals surface area (Å²) in [6, 6.07) is 11.3. The van der Waals surface area contributed by atoms with Crippen molar-refractivity contribution in [2.24, 2.45) is 0 Å². The lowest BCUT2D eigenvalue weighted by Crippen LogP contribution is -2.17. The quantitative estimate of drug-likeness (QED) is 0.382. The van der Waals surface area contributed by atoms with E-state index < -0.39 is 6.36 Å². The van der Waals surface area contributed by atoms with E-state index in [0.29, 0.717) is 41.2 Å². The van der Waals surface area contributed by atoms with Crippen LogP contribution in [0.5, 0.6) is 11.5 Å². The second-order valence-corrected chi connectivity index (χ2v) is 7.15. The van der Waals surface area contributed by atoms with Crippen molar-refractivity contribution in [2.45, 2.75) is 12.9 Å². The van der Waals surface area contributed by atoms with Crippen molar-refractivity contribution in [3.63, 3.8) is 0 Å². The summed E-state index contributed by atoms with van der Waals surface area (Å²) in [5.41, 5.74) is 3.52. The van der Waals surface area contributed by atoms with E-state index in [4.69, 9.17) is 9.47 Å². The highest BCUT2D eigenvalue weighted by atomic mass is 19.4. The second-order valence-electron chi connectivity index (χ2n) is 7.15. The minimum Gasteiger partial charge on any atom is -0.497 e. The smallest absolute Gasteiger partial charge is 0.497 e. The number of hydrogen-bond donors (Lipinski definition) is 1. The zero-order chi connectivity index (χ0) is 23.4. The summed E-state index contributed by atoms with van der Waals surface area (Å²) in [4.78, 5) is 4.22. The van der Waals surface area contributed by atoms with Gasteiger partial charge >= 0.3 is 6.36 Å². The van der Waals surface area contributed by atoms with E-state index in [0.717, 1.165) is 11.1 Å². The average molecular weight is 458 g/mol. The molecule has 4 rings (SSSR count). The predicted octanol–water partition coefficient (Wildman–Crippen LogP) is 5.40. The SMILES string of the molecule is COCCn1cc(-c2cc(Nc3ccnc4ccc(OC(F)(F)F)cc34)cc(OC)c2)cn1. The summed E-state index contributed by atoms with van der Waals surface area (Å²) in [6.07, 6.45) is 0.450. The molecule has 0 aliphatic heterocycles. The van der Waals surface area contributed by atoms with E-state index in [2.05, 4.69) is 20.1 Å². The van der Waals surface area contributed by atoms with Crippen molar-refractivity contribution in [1.82, 2.24) is 14.8 Å². The maximum absolute atomic E-state index is 12.7. The maximum atomic E-state index is 12.7. The number of hydrogen-bond acceptors (Lipinski definition) is 6. The standard InChI is InChI=1S/C23H21F3N4O3/c1-31-8-7-30-14-16(13-28-30)15-9-17(11-19(10-15)32-2)29-22-5-6-27-21-4-3-18(12-20(21)22)33-23(24,25)26/h3-6,9-14H,7-8H2,1-2H3,(H,27,29). The van der Waals surface area contributed by atoms with Crippen LogP contribution < -0.4 is 14.8 Å². The van der Waals surface area contributed by atoms with E-state index in [1.165, 1.54) is 18.2 Å². The summed E-state index contributed by atoms with van der Waals surface area (Å²) >= 11 is 0. The Morgan fingerprint density at radius 3 is 2.61 bits per heavy atom. The first-order valence-corrected chi connectivity index (χ1v) is 9.97. The van der Waals surface area contributed by atoms with Crippen molar-refractivity contribution >= 4 is 22.3 Å². The lowest BCUT2D eigenvalue weighted by Gasteiger charge is -2.14. The first-order chi connectivity index (χ1) is 15.8. The molecule has 2 heterocycles. The number of ether oxygens (including phenoxy) is 3. The van der Waals surface area contributed by atoms with Crippen LogP contribution in [0.25, 0.3) is 22.0 Å². The van der Waals surface area contributed by atoms with Gasteiger partial charge in [0.2, 0.25) is 0 Å². The highest BCUT2D eigenvalue weighted by Crippen LogP contribution is 2.34. The van der Waals surface area contributed by atoms with Gasteiger partial charge in [-0.25, -0.2) is 0 Å². The number of anilines is 2. The third-order valence-electron chi connectivity index (χ3n) is 4.86. The summed E-state index contributed by atoms with van der Waals surface area (Å²) < 4.78 is 54.4. The number of halogens is 3. The van der Waals surface area contributed by atoms with E-state index >= 15 is 0 Å². The molecule has 0 fully saturated rings. The molecular formula is C23H21F3N4O3. The first kappa shape index (κ1) is 22.4. The highest BCUT2D eigenvalue weighted by molar-refractivity contribution is 5.94. The van der Waals surface area contributed by atoms with Gasteiger partial charge in [0.05, 0.1) is 32.0 Å². The number of nitrogens with zero attached hydrogens (tertiary/aromatic N) is 3. The zero-order valence-corrected chi connectivity index (χ0v) is 17.9. The molecule has 10 heteroatoms. The fourth-order valence-electron chi connectivity index (χ4n) is 3.36. The Labute approximate surface area is 187 Å². The van der Waals surface area contributed by atoms with Crippen molar-refractivity contribution in [3.8, 4) is 22.6 Å². The Balaban J connectivity index is 1.68. The molecule has 0 amide bonds. The number of fused-ring (bicyclic) bond motifs is 1. The molecule has 172 valence electrons. The van der Waals surface area contributed by atoms with Gasteiger partial charge in [0, 0.05) is 47.9 Å². The molecular weight excluding hydrogens is 437 g/mol. The number of rotatable bonds is 8. The molecule has 0 saturated carbocycles. The third-order valence-corrected chi connectivity index (χ3v) is 4.86. The molecule has 0 spiro atoms. The number of benzene rings is 2. The fraction of sp³-hybridized carbons (Fsp3) is 0.217. The summed E-state index contributed by atoms with van der Waals surface area (Å²) in [5.74, 6) is 0.292. The Morgan fingerprint density at radius 2 is 1.85 bits per heavy atom. The zero-order valence-electron chi connectivity index (χ0n) is 17.9. The normalized spacial score (nSPS) is 11.5. The molecule has 1 N–H and O–H groups in total. The van der Waals surface area contributed by atoms with E-state index in [1.807, 2.05) is 18.3 Å². The molecule has 0 saturated heterocycles. The Hall–Kier alpha value is -3.79. The van der Waals surface area contributed by atoms with Crippen LogP contribution in [0.4, 0.5) is 24.5 Å². The molecule has 0 unspecified atom stereocenters. The Morgan fingerprint density at radius 1 is 1.00 bits per heavy atom. The first-order valence-electron chi connectivity index (χ1n) is 9.97. The van der Waals surface area contributed by atoms with Crippen LogP contribution in [-0.4, -0.2) is 42.0 Å². The number of methoxy groups -OCH3 is 2. The van der Waals surface area contributed by atoms with Crippen LogP contribution in [0.3, 0.4) is 0 Å². The predicted molar refractivity (Wildman–Crippen MR) is 118 cm³/mol. The minimum atomic E-state index is -4.78. The molecule has 4 aromatic rings. The number of pyridine rings is 1. The monoisotopic (exact) mass is 458 g/mol. The van der Waals surface area contributed by atoms with E-state index in [-0.39, 0.29) is 5.75 Å². The van der Waals surface area contributed by atoms with E-state index in [9.17, 15) is 13.2 Å². The number of aromatic nitrogens is 3. The molecule has 7 nitrogen and oxygen atoms in total. The van der Waals surface area contributed by atoms with Gasteiger partial charge < -0.3 is 19.5 Å². The minimum absolute atomic E-state index is 0.319. The fourth-order valence-corrected chi connectivity index (χ4v) is 3.36. The van der Waals surface area contributed by atoms with Crippen LogP contribution in [-0.2, 0) is 11.3 Å². The third kappa shape index (κ3) is 5.53. The van der Waals surface area contributed by atoms with Crippen LogP contribution >= 0.6 is 0 Å². The molecule has 0 atom stereocenters. The van der Waals surface area contributed by atoms with Crippen LogP contribution in [0, 0.1) is 0 Å². The molecule has 0 aliphatic rings. The topological polar surface area (TPSA) is 70.4 Å². The largest absolute Gasteiger partial charge is 0.573 e. The van der Waals surface area contributed by atoms with Gasteiger partial charge in [0.15, 0.2) is 0 Å². The second kappa shape index (κ2) is 9.37. The average Bonchev–Trinajstić information content (AvgIpc) is 3.26. The summed E-state index contributed by atoms with van der Waals surface area (Å²) in [7, 11) is 3.19. The molecule has 0 bridgehead atoms. The van der Waals surface area contributed by atoms with Gasteiger partial charge in [-0.05, 0) is 42.0 Å². The van der Waals surface area contributed by atoms with Crippen molar-refractivity contribution in [3.05, 3.63) is 61.1 Å². The van der Waals surface area contributed by atoms with Gasteiger partial charge in [-0.1, -0.05) is 0 Å².